The second kappa shape index (κ2) is 3.38. The number of likely N-dealkylation sites (tertiary alicyclic amines) is 1. The zero-order valence-electron chi connectivity index (χ0n) is 7.43. The van der Waals surface area contributed by atoms with Crippen LogP contribution < -0.4 is 0 Å². The first kappa shape index (κ1) is 8.06. The highest BCUT2D eigenvalue weighted by Gasteiger charge is 2.23. The molecule has 1 aliphatic rings. The van der Waals surface area contributed by atoms with Crippen molar-refractivity contribution in [1.82, 2.24) is 4.90 Å². The monoisotopic (exact) mass is 141 g/mol. The van der Waals surface area contributed by atoms with E-state index in [-0.39, 0.29) is 0 Å². The molecule has 2 atom stereocenters. The topological polar surface area (TPSA) is 3.24 Å². The van der Waals surface area contributed by atoms with E-state index in [9.17, 15) is 0 Å². The van der Waals surface area contributed by atoms with Gasteiger partial charge < -0.3 is 4.90 Å². The lowest BCUT2D eigenvalue weighted by molar-refractivity contribution is 0.127. The molecule has 1 saturated heterocycles. The smallest absolute Gasteiger partial charge is 0.0115 e. The Balaban J connectivity index is 2.45. The predicted octanol–water partition coefficient (Wildman–Crippen LogP) is 2.13. The highest BCUT2D eigenvalue weighted by Crippen LogP contribution is 2.23. The molecule has 0 aromatic carbocycles. The Labute approximate surface area is 64.4 Å². The van der Waals surface area contributed by atoms with Crippen LogP contribution in [-0.2, 0) is 0 Å². The lowest BCUT2D eigenvalue weighted by Crippen LogP contribution is -2.40. The Morgan fingerprint density at radius 1 is 1.50 bits per heavy atom. The predicted molar refractivity (Wildman–Crippen MR) is 45.1 cm³/mol. The fraction of sp³-hybridized carbons (Fsp3) is 1.00. The van der Waals surface area contributed by atoms with Gasteiger partial charge in [-0.25, -0.2) is 0 Å². The average molecular weight is 141 g/mol. The second-order valence-corrected chi connectivity index (χ2v) is 3.58. The normalized spacial score (nSPS) is 36.3. The van der Waals surface area contributed by atoms with Crippen LogP contribution >= 0.6 is 0 Å². The number of piperidine rings is 1. The summed E-state index contributed by atoms with van der Waals surface area (Å²) >= 11 is 0. The first-order valence-corrected chi connectivity index (χ1v) is 4.46. The summed E-state index contributed by atoms with van der Waals surface area (Å²) in [6.07, 6.45) is 4.15. The fourth-order valence-electron chi connectivity index (χ4n) is 2.17. The van der Waals surface area contributed by atoms with Crippen molar-refractivity contribution in [3.05, 3.63) is 0 Å². The molecule has 10 heavy (non-hydrogen) atoms. The molecule has 1 fully saturated rings. The van der Waals surface area contributed by atoms with E-state index < -0.39 is 0 Å². The van der Waals surface area contributed by atoms with Crippen molar-refractivity contribution < 1.29 is 0 Å². The minimum absolute atomic E-state index is 0.855. The van der Waals surface area contributed by atoms with E-state index in [2.05, 4.69) is 25.8 Å². The standard InChI is InChI=1S/C9H19N/c1-4-9-8(2)6-5-7-10(9)3/h8-9H,4-7H2,1-3H3/t8-,9+/m0/s1. The maximum Gasteiger partial charge on any atom is 0.0115 e. The maximum atomic E-state index is 2.51. The summed E-state index contributed by atoms with van der Waals surface area (Å²) in [6, 6.07) is 0.855. The Kier molecular flexibility index (Phi) is 2.72. The molecular formula is C9H19N. The molecule has 1 aliphatic heterocycles. The van der Waals surface area contributed by atoms with Crippen molar-refractivity contribution >= 4 is 0 Å². The number of rotatable bonds is 1. The Morgan fingerprint density at radius 3 is 2.60 bits per heavy atom. The molecule has 1 rings (SSSR count). The first-order valence-electron chi connectivity index (χ1n) is 4.46. The molecule has 60 valence electrons. The molecule has 0 spiro atoms. The zero-order valence-corrected chi connectivity index (χ0v) is 7.43. The van der Waals surface area contributed by atoms with E-state index in [1.54, 1.807) is 0 Å². The van der Waals surface area contributed by atoms with Crippen LogP contribution in [0.25, 0.3) is 0 Å². The third kappa shape index (κ3) is 1.51. The van der Waals surface area contributed by atoms with Crippen LogP contribution in [0.5, 0.6) is 0 Å². The highest BCUT2D eigenvalue weighted by atomic mass is 15.1. The summed E-state index contributed by atoms with van der Waals surface area (Å²) in [5.41, 5.74) is 0. The van der Waals surface area contributed by atoms with Gasteiger partial charge in [0.1, 0.15) is 0 Å². The van der Waals surface area contributed by atoms with E-state index in [4.69, 9.17) is 0 Å². The number of hydrogen-bond acceptors (Lipinski definition) is 1. The molecular weight excluding hydrogens is 122 g/mol. The van der Waals surface area contributed by atoms with Crippen LogP contribution in [0.2, 0.25) is 0 Å². The van der Waals surface area contributed by atoms with Crippen LogP contribution in [0, 0.1) is 5.92 Å². The van der Waals surface area contributed by atoms with Gasteiger partial charge >= 0.3 is 0 Å². The van der Waals surface area contributed by atoms with Crippen molar-refractivity contribution in [2.45, 2.75) is 39.2 Å². The van der Waals surface area contributed by atoms with Gasteiger partial charge in [0.15, 0.2) is 0 Å². The summed E-state index contributed by atoms with van der Waals surface area (Å²) in [6.45, 7) is 5.98. The molecule has 0 amide bonds. The molecule has 0 saturated carbocycles. The molecule has 0 bridgehead atoms. The van der Waals surface area contributed by atoms with Gasteiger partial charge in [0.25, 0.3) is 0 Å². The molecule has 0 aromatic rings. The van der Waals surface area contributed by atoms with Gasteiger partial charge in [-0.05, 0) is 38.8 Å². The van der Waals surface area contributed by atoms with E-state index in [0.717, 1.165) is 12.0 Å². The number of hydrogen-bond donors (Lipinski definition) is 0. The molecule has 1 nitrogen and oxygen atoms in total. The third-order valence-corrected chi connectivity index (χ3v) is 2.81. The van der Waals surface area contributed by atoms with Crippen molar-refractivity contribution in [2.75, 3.05) is 13.6 Å². The van der Waals surface area contributed by atoms with Crippen LogP contribution in [-0.4, -0.2) is 24.5 Å². The number of nitrogens with zero attached hydrogens (tertiary/aromatic N) is 1. The van der Waals surface area contributed by atoms with Crippen molar-refractivity contribution in [1.29, 1.82) is 0 Å². The van der Waals surface area contributed by atoms with E-state index >= 15 is 0 Å². The molecule has 0 unspecified atom stereocenters. The van der Waals surface area contributed by atoms with Crippen LogP contribution in [0.15, 0.2) is 0 Å². The van der Waals surface area contributed by atoms with E-state index in [1.807, 2.05) is 0 Å². The SMILES string of the molecule is CC[C@@H]1[C@@H](C)CCCN1C. The molecule has 0 N–H and O–H groups in total. The van der Waals surface area contributed by atoms with E-state index in [1.165, 1.54) is 25.8 Å². The summed E-state index contributed by atoms with van der Waals surface area (Å²) < 4.78 is 0. The summed E-state index contributed by atoms with van der Waals surface area (Å²) in [5, 5.41) is 0. The van der Waals surface area contributed by atoms with Gasteiger partial charge in [-0.1, -0.05) is 13.8 Å². The summed E-state index contributed by atoms with van der Waals surface area (Å²) in [5.74, 6) is 0.920. The maximum absolute atomic E-state index is 2.51. The Bertz CT molecular complexity index is 90.9. The third-order valence-electron chi connectivity index (χ3n) is 2.81. The minimum Gasteiger partial charge on any atom is -0.303 e. The van der Waals surface area contributed by atoms with Gasteiger partial charge in [-0.15, -0.1) is 0 Å². The lowest BCUT2D eigenvalue weighted by atomic mass is 9.90. The zero-order chi connectivity index (χ0) is 7.56. The second-order valence-electron chi connectivity index (χ2n) is 3.58. The summed E-state index contributed by atoms with van der Waals surface area (Å²) in [7, 11) is 2.25. The Morgan fingerprint density at radius 2 is 2.20 bits per heavy atom. The fourth-order valence-corrected chi connectivity index (χ4v) is 2.17. The van der Waals surface area contributed by atoms with Gasteiger partial charge in [-0.2, -0.15) is 0 Å². The summed E-state index contributed by atoms with van der Waals surface area (Å²) in [4.78, 5) is 2.51. The van der Waals surface area contributed by atoms with Gasteiger partial charge in [0.2, 0.25) is 0 Å². The quantitative estimate of drug-likeness (QED) is 0.540. The van der Waals surface area contributed by atoms with Gasteiger partial charge in [0, 0.05) is 6.04 Å². The minimum atomic E-state index is 0.855. The van der Waals surface area contributed by atoms with Crippen LogP contribution in [0.1, 0.15) is 33.1 Å². The van der Waals surface area contributed by atoms with Crippen LogP contribution in [0.4, 0.5) is 0 Å². The Hall–Kier alpha value is -0.0400. The van der Waals surface area contributed by atoms with Gasteiger partial charge in [0.05, 0.1) is 0 Å². The van der Waals surface area contributed by atoms with Crippen molar-refractivity contribution in [2.24, 2.45) is 5.92 Å². The average Bonchev–Trinajstić information content (AvgIpc) is 1.88. The van der Waals surface area contributed by atoms with Crippen molar-refractivity contribution in [3.63, 3.8) is 0 Å². The van der Waals surface area contributed by atoms with Crippen molar-refractivity contribution in [3.8, 4) is 0 Å². The first-order chi connectivity index (χ1) is 4.75. The lowest BCUT2D eigenvalue weighted by Gasteiger charge is -2.36. The largest absolute Gasteiger partial charge is 0.303 e. The molecule has 0 aromatic heterocycles. The van der Waals surface area contributed by atoms with Gasteiger partial charge in [-0.3, -0.25) is 0 Å². The molecule has 1 heteroatoms. The molecule has 1 heterocycles. The van der Waals surface area contributed by atoms with Crippen LogP contribution in [0.3, 0.4) is 0 Å². The molecule has 0 radical (unpaired) electrons. The van der Waals surface area contributed by atoms with E-state index in [0.29, 0.717) is 0 Å². The molecule has 0 aliphatic carbocycles. The highest BCUT2D eigenvalue weighted by molar-refractivity contribution is 4.78.